The van der Waals surface area contributed by atoms with Crippen molar-refractivity contribution in [3.05, 3.63) is 89.0 Å². The molecule has 5 rings (SSSR count). The molecule has 0 bridgehead atoms. The van der Waals surface area contributed by atoms with E-state index in [1.54, 1.807) is 31.4 Å². The van der Waals surface area contributed by atoms with E-state index in [2.05, 4.69) is 0 Å². The number of aromatic hydroxyl groups is 1. The van der Waals surface area contributed by atoms with Crippen molar-refractivity contribution < 1.29 is 24.1 Å². The first kappa shape index (κ1) is 19.9. The third kappa shape index (κ3) is 3.22. The summed E-state index contributed by atoms with van der Waals surface area (Å²) in [5, 5.41) is 17.1. The number of fused-ring (bicyclic) bond motifs is 3. The number of carbonyl (C=O) groups excluding carboxylic acids is 1. The second-order valence-electron chi connectivity index (χ2n) is 7.63. The number of ether oxygens (including phenoxy) is 3. The van der Waals surface area contributed by atoms with Crippen molar-refractivity contribution >= 4 is 11.7 Å². The van der Waals surface area contributed by atoms with E-state index >= 15 is 0 Å². The Bertz CT molecular complexity index is 1210. The summed E-state index contributed by atoms with van der Waals surface area (Å²) in [5.74, 6) is 1.12. The molecule has 2 aliphatic rings. The number of phenols is 1. The summed E-state index contributed by atoms with van der Waals surface area (Å²) in [6.07, 6.45) is 0.0801. The van der Waals surface area contributed by atoms with Gasteiger partial charge in [-0.1, -0.05) is 36.4 Å². The lowest BCUT2D eigenvalue weighted by atomic mass is 9.95. The van der Waals surface area contributed by atoms with Gasteiger partial charge in [0.1, 0.15) is 5.75 Å². The molecule has 0 spiro atoms. The van der Waals surface area contributed by atoms with E-state index in [0.29, 0.717) is 29.0 Å². The summed E-state index contributed by atoms with van der Waals surface area (Å²) < 4.78 is 16.8. The number of hydrogen-bond acceptors (Lipinski definition) is 7. The quantitative estimate of drug-likeness (QED) is 0.617. The van der Waals surface area contributed by atoms with Crippen LogP contribution in [0.5, 0.6) is 17.2 Å². The summed E-state index contributed by atoms with van der Waals surface area (Å²) >= 11 is 0. The molecule has 1 N–H and O–H groups in total. The fourth-order valence-corrected chi connectivity index (χ4v) is 4.25. The van der Waals surface area contributed by atoms with Gasteiger partial charge in [-0.05, 0) is 30.3 Å². The minimum Gasteiger partial charge on any atom is -0.507 e. The number of benzene rings is 3. The lowest BCUT2D eigenvalue weighted by molar-refractivity contribution is -0.0209. The molecule has 2 heterocycles. The van der Waals surface area contributed by atoms with Gasteiger partial charge in [-0.25, -0.2) is 9.80 Å². The highest BCUT2D eigenvalue weighted by Crippen LogP contribution is 2.51. The van der Waals surface area contributed by atoms with Crippen LogP contribution in [0, 0.1) is 0 Å². The average Bonchev–Trinajstić information content (AvgIpc) is 3.28. The van der Waals surface area contributed by atoms with Crippen molar-refractivity contribution in [2.75, 3.05) is 14.2 Å². The van der Waals surface area contributed by atoms with Crippen LogP contribution in [0.1, 0.15) is 45.7 Å². The van der Waals surface area contributed by atoms with Crippen LogP contribution in [-0.2, 0) is 4.74 Å². The van der Waals surface area contributed by atoms with E-state index in [1.165, 1.54) is 7.11 Å². The Morgan fingerprint density at radius 1 is 1.06 bits per heavy atom. The van der Waals surface area contributed by atoms with Gasteiger partial charge < -0.3 is 19.3 Å². The van der Waals surface area contributed by atoms with E-state index in [9.17, 15) is 9.90 Å². The maximum Gasteiger partial charge on any atom is 0.337 e. The number of esters is 1. The lowest BCUT2D eigenvalue weighted by Gasteiger charge is -2.38. The monoisotopic (exact) mass is 430 g/mol. The van der Waals surface area contributed by atoms with Crippen molar-refractivity contribution in [2.24, 2.45) is 5.10 Å². The van der Waals surface area contributed by atoms with Gasteiger partial charge in [0.25, 0.3) is 0 Å². The van der Waals surface area contributed by atoms with Crippen LogP contribution < -0.4 is 9.47 Å². The molecule has 0 unspecified atom stereocenters. The Morgan fingerprint density at radius 3 is 2.56 bits per heavy atom. The third-order valence-corrected chi connectivity index (χ3v) is 5.83. The van der Waals surface area contributed by atoms with Gasteiger partial charge in [0.05, 0.1) is 31.5 Å². The summed E-state index contributed by atoms with van der Waals surface area (Å²) in [7, 11) is 2.97. The zero-order valence-corrected chi connectivity index (χ0v) is 17.7. The molecule has 0 aliphatic carbocycles. The predicted molar refractivity (Wildman–Crippen MR) is 118 cm³/mol. The van der Waals surface area contributed by atoms with Crippen molar-refractivity contribution in [2.45, 2.75) is 18.7 Å². The first-order valence-corrected chi connectivity index (χ1v) is 10.3. The molecule has 0 radical (unpaired) electrons. The predicted octanol–water partition coefficient (Wildman–Crippen LogP) is 4.43. The van der Waals surface area contributed by atoms with Crippen LogP contribution in [-0.4, -0.2) is 36.0 Å². The Balaban J connectivity index is 1.59. The number of carbonyl (C=O) groups is 1. The van der Waals surface area contributed by atoms with Gasteiger partial charge in [0.2, 0.25) is 6.23 Å². The smallest absolute Gasteiger partial charge is 0.337 e. The van der Waals surface area contributed by atoms with Crippen molar-refractivity contribution in [1.82, 2.24) is 5.01 Å². The minimum atomic E-state index is -0.529. The molecule has 0 saturated heterocycles. The Hall–Kier alpha value is -4.00. The SMILES string of the molecule is COC(=O)c1ccc([C@@H]2Oc3c(OC)cccc3[C@H]3CC(c4ccccc4O)=NN32)cc1. The minimum absolute atomic E-state index is 0.0891. The molecule has 3 aromatic rings. The van der Waals surface area contributed by atoms with E-state index in [-0.39, 0.29) is 11.8 Å². The molecule has 162 valence electrons. The van der Waals surface area contributed by atoms with E-state index in [4.69, 9.17) is 19.3 Å². The summed E-state index contributed by atoms with van der Waals surface area (Å²) in [5.41, 5.74) is 3.75. The van der Waals surface area contributed by atoms with Crippen molar-refractivity contribution in [1.29, 1.82) is 0 Å². The Labute approximate surface area is 185 Å². The van der Waals surface area contributed by atoms with Crippen LogP contribution in [0.2, 0.25) is 0 Å². The highest BCUT2D eigenvalue weighted by atomic mass is 16.5. The molecule has 0 fully saturated rings. The molecule has 0 amide bonds. The fraction of sp³-hybridized carbons (Fsp3) is 0.200. The number of hydrazone groups is 1. The number of phenolic OH excluding ortho intramolecular Hbond substituents is 1. The van der Waals surface area contributed by atoms with Gasteiger partial charge in [0.15, 0.2) is 11.5 Å². The summed E-state index contributed by atoms with van der Waals surface area (Å²) in [6, 6.07) is 20.0. The number of rotatable bonds is 4. The maximum absolute atomic E-state index is 11.8. The zero-order chi connectivity index (χ0) is 22.2. The number of nitrogens with zero attached hydrogens (tertiary/aromatic N) is 2. The number of para-hydroxylation sites is 2. The molecule has 2 aliphatic heterocycles. The topological polar surface area (TPSA) is 80.6 Å². The second-order valence-corrected chi connectivity index (χ2v) is 7.63. The summed E-state index contributed by atoms with van der Waals surface area (Å²) in [4.78, 5) is 11.8. The molecule has 32 heavy (non-hydrogen) atoms. The normalized spacial score (nSPS) is 18.8. The molecule has 3 aromatic carbocycles. The van der Waals surface area contributed by atoms with E-state index in [0.717, 1.165) is 16.8 Å². The van der Waals surface area contributed by atoms with Crippen LogP contribution in [0.4, 0.5) is 0 Å². The van der Waals surface area contributed by atoms with E-state index < -0.39 is 12.2 Å². The zero-order valence-electron chi connectivity index (χ0n) is 17.7. The molecule has 7 heteroatoms. The highest BCUT2D eigenvalue weighted by molar-refractivity contribution is 6.04. The first-order valence-electron chi connectivity index (χ1n) is 10.3. The average molecular weight is 430 g/mol. The van der Waals surface area contributed by atoms with Crippen molar-refractivity contribution in [3.8, 4) is 17.2 Å². The lowest BCUT2D eigenvalue weighted by Crippen LogP contribution is -2.33. The molecular weight excluding hydrogens is 408 g/mol. The van der Waals surface area contributed by atoms with Gasteiger partial charge in [0, 0.05) is 23.1 Å². The molecule has 7 nitrogen and oxygen atoms in total. The number of hydrogen-bond donors (Lipinski definition) is 1. The highest BCUT2D eigenvalue weighted by Gasteiger charge is 2.42. The second kappa shape index (κ2) is 7.92. The largest absolute Gasteiger partial charge is 0.507 e. The fourth-order valence-electron chi connectivity index (χ4n) is 4.25. The van der Waals surface area contributed by atoms with E-state index in [1.807, 2.05) is 47.5 Å². The molecule has 0 saturated carbocycles. The van der Waals surface area contributed by atoms with Gasteiger partial charge in [-0.3, -0.25) is 0 Å². The van der Waals surface area contributed by atoms with Gasteiger partial charge in [-0.2, -0.15) is 5.10 Å². The van der Waals surface area contributed by atoms with Gasteiger partial charge >= 0.3 is 5.97 Å². The van der Waals surface area contributed by atoms with Crippen LogP contribution >= 0.6 is 0 Å². The molecule has 0 aromatic heterocycles. The standard InChI is InChI=1S/C25H22N2O5/c1-30-22-9-5-7-18-20-14-19(17-6-3-4-8-21(17)28)26-27(20)24(32-23(18)22)15-10-12-16(13-11-15)25(29)31-2/h3-13,20,24,28H,14H2,1-2H3/t20-,24+/m1/s1. The Kier molecular flexibility index (Phi) is 4.93. The van der Waals surface area contributed by atoms with Crippen LogP contribution in [0.25, 0.3) is 0 Å². The molecular formula is C25H22N2O5. The van der Waals surface area contributed by atoms with Crippen molar-refractivity contribution in [3.63, 3.8) is 0 Å². The third-order valence-electron chi connectivity index (χ3n) is 5.83. The Morgan fingerprint density at radius 2 is 1.84 bits per heavy atom. The summed E-state index contributed by atoms with van der Waals surface area (Å²) in [6.45, 7) is 0. The van der Waals surface area contributed by atoms with Crippen LogP contribution in [0.15, 0.2) is 71.8 Å². The van der Waals surface area contributed by atoms with Crippen LogP contribution in [0.3, 0.4) is 0 Å². The van der Waals surface area contributed by atoms with Gasteiger partial charge in [-0.15, -0.1) is 0 Å². The first-order chi connectivity index (χ1) is 15.6. The maximum atomic E-state index is 11.8. The number of methoxy groups -OCH3 is 2. The molecule has 2 atom stereocenters.